The molecule has 19 heavy (non-hydrogen) atoms. The van der Waals surface area contributed by atoms with E-state index < -0.39 is 24.0 Å². The fourth-order valence-corrected chi connectivity index (χ4v) is 1.54. The van der Waals surface area contributed by atoms with Gasteiger partial charge in [0.15, 0.2) is 0 Å². The van der Waals surface area contributed by atoms with Gasteiger partial charge in [0.1, 0.15) is 12.1 Å². The molecule has 0 bridgehead atoms. The first-order chi connectivity index (χ1) is 8.76. The van der Waals surface area contributed by atoms with Crippen LogP contribution in [0.3, 0.4) is 0 Å². The van der Waals surface area contributed by atoms with Gasteiger partial charge in [-0.2, -0.15) is 24.4 Å². The van der Waals surface area contributed by atoms with Gasteiger partial charge < -0.3 is 21.3 Å². The zero-order chi connectivity index (χ0) is 15.4. The van der Waals surface area contributed by atoms with Crippen LogP contribution in [0.25, 0.3) is 0 Å². The highest BCUT2D eigenvalue weighted by Crippen LogP contribution is 1.97. The van der Waals surface area contributed by atoms with Crippen LogP contribution >= 0.6 is 24.4 Å². The van der Waals surface area contributed by atoms with Crippen molar-refractivity contribution >= 4 is 42.2 Å². The van der Waals surface area contributed by atoms with E-state index in [9.17, 15) is 14.4 Å². The van der Waals surface area contributed by atoms with E-state index in [0.717, 1.165) is 5.75 Å². The Labute approximate surface area is 121 Å². The number of nitrogens with two attached hydrogens (primary N) is 1. The molecule has 0 aliphatic carbocycles. The summed E-state index contributed by atoms with van der Waals surface area (Å²) >= 11 is 5.34. The van der Waals surface area contributed by atoms with Gasteiger partial charge >= 0.3 is 11.9 Å². The standard InChI is InChI=1S/C5H9NO3S.C5H11NO2S/c1-3(7)6-4(2-10)5(8)9;1-9-3-2-4(6)5(7)8/h4,10H,2H2,1H3,(H,6,7)(H,8,9);4H,2-3,6H2,1H3,(H,7,8)/t2*4-/m00/s1. The second-order valence-electron chi connectivity index (χ2n) is 3.50. The summed E-state index contributed by atoms with van der Waals surface area (Å²) in [4.78, 5) is 30.6. The fourth-order valence-electron chi connectivity index (χ4n) is 0.799. The number of hydrogen-bond donors (Lipinski definition) is 5. The van der Waals surface area contributed by atoms with E-state index in [1.807, 2.05) is 6.26 Å². The molecule has 0 rings (SSSR count). The first-order valence-corrected chi connectivity index (χ1v) is 7.36. The minimum Gasteiger partial charge on any atom is -0.480 e. The Balaban J connectivity index is 0. The Hall–Kier alpha value is -0.930. The molecule has 9 heteroatoms. The lowest BCUT2D eigenvalue weighted by atomic mass is 10.2. The second-order valence-corrected chi connectivity index (χ2v) is 4.85. The molecule has 0 aliphatic heterocycles. The molecular weight excluding hydrogens is 292 g/mol. The molecule has 1 amide bonds. The zero-order valence-corrected chi connectivity index (χ0v) is 12.5. The van der Waals surface area contributed by atoms with Crippen molar-refractivity contribution in [2.45, 2.75) is 25.4 Å². The second kappa shape index (κ2) is 12.1. The van der Waals surface area contributed by atoms with Crippen molar-refractivity contribution in [2.24, 2.45) is 5.73 Å². The number of carboxylic acid groups (broad SMARTS) is 2. The van der Waals surface area contributed by atoms with Crippen LogP contribution in [0.1, 0.15) is 13.3 Å². The fraction of sp³-hybridized carbons (Fsp3) is 0.700. The Kier molecular flexibility index (Phi) is 13.0. The van der Waals surface area contributed by atoms with E-state index in [0.29, 0.717) is 6.42 Å². The highest BCUT2D eigenvalue weighted by atomic mass is 32.2. The van der Waals surface area contributed by atoms with E-state index >= 15 is 0 Å². The summed E-state index contributed by atoms with van der Waals surface area (Å²) < 4.78 is 0. The van der Waals surface area contributed by atoms with Crippen LogP contribution in [0.2, 0.25) is 0 Å². The number of thiol groups is 1. The largest absolute Gasteiger partial charge is 0.480 e. The van der Waals surface area contributed by atoms with Crippen molar-refractivity contribution in [1.29, 1.82) is 0 Å². The van der Waals surface area contributed by atoms with Crippen LogP contribution in [-0.2, 0) is 14.4 Å². The van der Waals surface area contributed by atoms with Crippen LogP contribution in [0.5, 0.6) is 0 Å². The summed E-state index contributed by atoms with van der Waals surface area (Å²) in [6, 6.07) is -1.56. The smallest absolute Gasteiger partial charge is 0.327 e. The molecule has 0 spiro atoms. The molecule has 0 saturated carbocycles. The summed E-state index contributed by atoms with van der Waals surface area (Å²) in [5.74, 6) is -1.42. The van der Waals surface area contributed by atoms with Crippen LogP contribution in [-0.4, -0.2) is 57.9 Å². The number of carbonyl (C=O) groups is 3. The molecule has 0 aromatic rings. The number of thioether (sulfide) groups is 1. The average Bonchev–Trinajstić information content (AvgIpc) is 2.32. The quantitative estimate of drug-likeness (QED) is 0.406. The van der Waals surface area contributed by atoms with Gasteiger partial charge in [-0.3, -0.25) is 9.59 Å². The van der Waals surface area contributed by atoms with Gasteiger partial charge in [-0.05, 0) is 18.4 Å². The van der Waals surface area contributed by atoms with Crippen LogP contribution in [0.4, 0.5) is 0 Å². The van der Waals surface area contributed by atoms with E-state index in [1.165, 1.54) is 6.92 Å². The topological polar surface area (TPSA) is 130 Å². The molecule has 0 aromatic carbocycles. The van der Waals surface area contributed by atoms with Gasteiger partial charge in [0.25, 0.3) is 0 Å². The predicted octanol–water partition coefficient (Wildman–Crippen LogP) is -0.343. The maximum atomic E-state index is 10.3. The van der Waals surface area contributed by atoms with Gasteiger partial charge in [-0.15, -0.1) is 0 Å². The third-order valence-electron chi connectivity index (χ3n) is 1.81. The van der Waals surface area contributed by atoms with E-state index in [4.69, 9.17) is 15.9 Å². The third-order valence-corrected chi connectivity index (χ3v) is 2.82. The van der Waals surface area contributed by atoms with Crippen molar-refractivity contribution in [3.63, 3.8) is 0 Å². The van der Waals surface area contributed by atoms with Crippen molar-refractivity contribution < 1.29 is 24.6 Å². The number of nitrogens with one attached hydrogen (secondary N) is 1. The molecule has 0 aromatic heterocycles. The number of carboxylic acids is 2. The minimum absolute atomic E-state index is 0.106. The van der Waals surface area contributed by atoms with Crippen molar-refractivity contribution in [3.05, 3.63) is 0 Å². The molecular formula is C10H20N2O5S2. The normalized spacial score (nSPS) is 12.6. The molecule has 2 atom stereocenters. The number of hydrogen-bond acceptors (Lipinski definition) is 6. The lowest BCUT2D eigenvalue weighted by molar-refractivity contribution is -0.140. The maximum Gasteiger partial charge on any atom is 0.327 e. The predicted molar refractivity (Wildman–Crippen MR) is 77.7 cm³/mol. The molecule has 0 fully saturated rings. The van der Waals surface area contributed by atoms with Crippen molar-refractivity contribution in [2.75, 3.05) is 17.8 Å². The summed E-state index contributed by atoms with van der Waals surface area (Å²) in [7, 11) is 0. The molecule has 7 nitrogen and oxygen atoms in total. The molecule has 112 valence electrons. The summed E-state index contributed by atoms with van der Waals surface area (Å²) in [5.41, 5.74) is 5.19. The van der Waals surface area contributed by atoms with Gasteiger partial charge in [0.2, 0.25) is 5.91 Å². The van der Waals surface area contributed by atoms with Crippen LogP contribution in [0.15, 0.2) is 0 Å². The SMILES string of the molecule is CC(=O)N[C@@H](CS)C(=O)O.CSCC[C@H](N)C(=O)O. The number of aliphatic carboxylic acids is 2. The van der Waals surface area contributed by atoms with E-state index in [-0.39, 0.29) is 11.7 Å². The van der Waals surface area contributed by atoms with Crippen LogP contribution < -0.4 is 11.1 Å². The summed E-state index contributed by atoms with van der Waals surface area (Å²) in [6.45, 7) is 1.26. The highest BCUT2D eigenvalue weighted by Gasteiger charge is 2.15. The van der Waals surface area contributed by atoms with Crippen LogP contribution in [0, 0.1) is 0 Å². The van der Waals surface area contributed by atoms with Gasteiger partial charge in [-0.25, -0.2) is 4.79 Å². The molecule has 0 unspecified atom stereocenters. The molecule has 0 saturated heterocycles. The Morgan fingerprint density at radius 2 is 1.84 bits per heavy atom. The molecule has 5 N–H and O–H groups in total. The highest BCUT2D eigenvalue weighted by molar-refractivity contribution is 7.98. The van der Waals surface area contributed by atoms with Crippen molar-refractivity contribution in [3.8, 4) is 0 Å². The first kappa shape index (κ1) is 20.4. The number of amides is 1. The van der Waals surface area contributed by atoms with Crippen molar-refractivity contribution in [1.82, 2.24) is 5.32 Å². The Morgan fingerprint density at radius 1 is 1.32 bits per heavy atom. The van der Waals surface area contributed by atoms with Gasteiger partial charge in [-0.1, -0.05) is 0 Å². The molecule has 0 heterocycles. The lowest BCUT2D eigenvalue weighted by Crippen LogP contribution is -2.40. The summed E-state index contributed by atoms with van der Waals surface area (Å²) in [6.07, 6.45) is 2.48. The number of rotatable bonds is 7. The molecule has 0 aliphatic rings. The van der Waals surface area contributed by atoms with Gasteiger partial charge in [0.05, 0.1) is 0 Å². The Morgan fingerprint density at radius 3 is 2.05 bits per heavy atom. The summed E-state index contributed by atoms with van der Waals surface area (Å²) in [5, 5.41) is 18.8. The van der Waals surface area contributed by atoms with Gasteiger partial charge in [0, 0.05) is 12.7 Å². The van der Waals surface area contributed by atoms with E-state index in [2.05, 4.69) is 17.9 Å². The minimum atomic E-state index is -1.06. The van der Waals surface area contributed by atoms with E-state index in [1.54, 1.807) is 11.8 Å². The molecule has 0 radical (unpaired) electrons. The first-order valence-electron chi connectivity index (χ1n) is 5.34. The third kappa shape index (κ3) is 13.3. The Bertz CT molecular complexity index is 302. The maximum absolute atomic E-state index is 10.3. The number of carbonyl (C=O) groups excluding carboxylic acids is 1. The zero-order valence-electron chi connectivity index (χ0n) is 10.8. The lowest BCUT2D eigenvalue weighted by Gasteiger charge is -2.08. The monoisotopic (exact) mass is 312 g/mol. The average molecular weight is 312 g/mol.